The standard InChI is InChI=1S/C28H28N4O2/c33-27(19-34-28-25-8-4-5-9-26(25)30-20-31-28)29-18-21-10-12-24(13-11-21)32-16-14-23(15-17-32)22-6-2-1-3-7-22/h1-13,20,23H,14-19H2,(H,29,33). The highest BCUT2D eigenvalue weighted by Crippen LogP contribution is 2.30. The van der Waals surface area contributed by atoms with Crippen LogP contribution < -0.4 is 15.0 Å². The minimum absolute atomic E-state index is 0.0878. The van der Waals surface area contributed by atoms with E-state index in [1.165, 1.54) is 30.4 Å². The van der Waals surface area contributed by atoms with Crippen LogP contribution in [0, 0.1) is 0 Å². The Morgan fingerprint density at radius 3 is 2.44 bits per heavy atom. The number of carbonyl (C=O) groups excluding carboxylic acids is 1. The molecule has 0 spiro atoms. The van der Waals surface area contributed by atoms with Gasteiger partial charge in [-0.05, 0) is 54.2 Å². The number of fused-ring (bicyclic) bond motifs is 1. The van der Waals surface area contributed by atoms with E-state index in [-0.39, 0.29) is 12.5 Å². The number of benzene rings is 3. The molecule has 1 saturated heterocycles. The number of hydrogen-bond acceptors (Lipinski definition) is 5. The van der Waals surface area contributed by atoms with Crippen molar-refractivity contribution < 1.29 is 9.53 Å². The normalized spacial score (nSPS) is 14.2. The third kappa shape index (κ3) is 5.17. The number of nitrogens with one attached hydrogen (secondary N) is 1. The zero-order valence-electron chi connectivity index (χ0n) is 19.1. The van der Waals surface area contributed by atoms with Crippen LogP contribution in [0.1, 0.15) is 29.9 Å². The maximum absolute atomic E-state index is 12.3. The van der Waals surface area contributed by atoms with Crippen molar-refractivity contribution in [2.75, 3.05) is 24.6 Å². The average Bonchev–Trinajstić information content (AvgIpc) is 2.91. The predicted octanol–water partition coefficient (Wildman–Crippen LogP) is 4.71. The smallest absolute Gasteiger partial charge is 0.258 e. The Morgan fingerprint density at radius 1 is 0.912 bits per heavy atom. The third-order valence-corrected chi connectivity index (χ3v) is 6.40. The van der Waals surface area contributed by atoms with Gasteiger partial charge in [-0.25, -0.2) is 9.97 Å². The molecule has 6 nitrogen and oxygen atoms in total. The Labute approximate surface area is 199 Å². The molecule has 0 saturated carbocycles. The summed E-state index contributed by atoms with van der Waals surface area (Å²) in [5.74, 6) is 0.880. The number of para-hydroxylation sites is 1. The molecule has 1 aliphatic rings. The molecule has 1 aromatic heterocycles. The summed E-state index contributed by atoms with van der Waals surface area (Å²) in [6.45, 7) is 2.49. The molecular formula is C28H28N4O2. The third-order valence-electron chi connectivity index (χ3n) is 6.40. The SMILES string of the molecule is O=C(COc1ncnc2ccccc12)NCc1ccc(N2CCC(c3ccccc3)CC2)cc1. The van der Waals surface area contributed by atoms with Gasteiger partial charge in [0, 0.05) is 25.3 Å². The number of amides is 1. The number of hydrogen-bond donors (Lipinski definition) is 1. The molecule has 0 unspecified atom stereocenters. The summed E-state index contributed by atoms with van der Waals surface area (Å²) in [7, 11) is 0. The summed E-state index contributed by atoms with van der Waals surface area (Å²) in [5.41, 5.74) is 4.53. The molecule has 0 atom stereocenters. The molecule has 2 heterocycles. The van der Waals surface area contributed by atoms with E-state index >= 15 is 0 Å². The van der Waals surface area contributed by atoms with Gasteiger partial charge in [0.1, 0.15) is 6.33 Å². The fourth-order valence-corrected chi connectivity index (χ4v) is 4.50. The van der Waals surface area contributed by atoms with Crippen molar-refractivity contribution in [2.45, 2.75) is 25.3 Å². The van der Waals surface area contributed by atoms with E-state index in [9.17, 15) is 4.79 Å². The van der Waals surface area contributed by atoms with Crippen LogP contribution in [0.15, 0.2) is 85.2 Å². The quantitative estimate of drug-likeness (QED) is 0.440. The average molecular weight is 453 g/mol. The Kier molecular flexibility index (Phi) is 6.66. The van der Waals surface area contributed by atoms with Gasteiger partial charge in [-0.2, -0.15) is 0 Å². The number of carbonyl (C=O) groups is 1. The van der Waals surface area contributed by atoms with Crippen LogP contribution in [-0.2, 0) is 11.3 Å². The van der Waals surface area contributed by atoms with Gasteiger partial charge in [-0.3, -0.25) is 4.79 Å². The molecule has 3 aromatic carbocycles. The number of nitrogens with zero attached hydrogens (tertiary/aromatic N) is 3. The number of anilines is 1. The lowest BCUT2D eigenvalue weighted by Crippen LogP contribution is -2.32. The first-order valence-corrected chi connectivity index (χ1v) is 11.7. The number of ether oxygens (including phenoxy) is 1. The maximum Gasteiger partial charge on any atom is 0.258 e. The Balaban J connectivity index is 1.09. The second kappa shape index (κ2) is 10.3. The van der Waals surface area contributed by atoms with Gasteiger partial charge in [0.2, 0.25) is 5.88 Å². The van der Waals surface area contributed by atoms with Gasteiger partial charge in [0.05, 0.1) is 10.9 Å². The molecule has 1 fully saturated rings. The molecule has 1 aliphatic heterocycles. The molecule has 1 amide bonds. The van der Waals surface area contributed by atoms with E-state index in [0.29, 0.717) is 18.3 Å². The molecule has 0 aliphatic carbocycles. The lowest BCUT2D eigenvalue weighted by atomic mass is 9.89. The Bertz CT molecular complexity index is 1230. The fraction of sp³-hybridized carbons (Fsp3) is 0.250. The van der Waals surface area contributed by atoms with Crippen molar-refractivity contribution in [3.05, 3.63) is 96.3 Å². The van der Waals surface area contributed by atoms with Gasteiger partial charge in [0.25, 0.3) is 5.91 Å². The summed E-state index contributed by atoms with van der Waals surface area (Å²) in [5, 5.41) is 3.71. The van der Waals surface area contributed by atoms with Gasteiger partial charge < -0.3 is 15.0 Å². The van der Waals surface area contributed by atoms with Crippen molar-refractivity contribution >= 4 is 22.5 Å². The monoisotopic (exact) mass is 452 g/mol. The highest BCUT2D eigenvalue weighted by molar-refractivity contribution is 5.84. The largest absolute Gasteiger partial charge is 0.467 e. The molecule has 0 radical (unpaired) electrons. The molecule has 5 rings (SSSR count). The highest BCUT2D eigenvalue weighted by Gasteiger charge is 2.20. The molecule has 1 N–H and O–H groups in total. The van der Waals surface area contributed by atoms with Crippen molar-refractivity contribution in [1.82, 2.24) is 15.3 Å². The fourth-order valence-electron chi connectivity index (χ4n) is 4.50. The van der Waals surface area contributed by atoms with Crippen molar-refractivity contribution in [2.24, 2.45) is 0 Å². The number of piperidine rings is 1. The summed E-state index contributed by atoms with van der Waals surface area (Å²) >= 11 is 0. The van der Waals surface area contributed by atoms with E-state index in [1.807, 2.05) is 24.3 Å². The minimum Gasteiger partial charge on any atom is -0.467 e. The minimum atomic E-state index is -0.185. The Hall–Kier alpha value is -3.93. The van der Waals surface area contributed by atoms with E-state index in [0.717, 1.165) is 29.6 Å². The topological polar surface area (TPSA) is 67.3 Å². The van der Waals surface area contributed by atoms with E-state index in [1.54, 1.807) is 0 Å². The summed E-state index contributed by atoms with van der Waals surface area (Å²) in [6, 6.07) is 26.8. The van der Waals surface area contributed by atoms with Gasteiger partial charge in [-0.1, -0.05) is 54.6 Å². The van der Waals surface area contributed by atoms with Gasteiger partial charge >= 0.3 is 0 Å². The maximum atomic E-state index is 12.3. The Morgan fingerprint density at radius 2 is 1.65 bits per heavy atom. The first-order chi connectivity index (χ1) is 16.8. The van der Waals surface area contributed by atoms with Crippen molar-refractivity contribution in [3.63, 3.8) is 0 Å². The van der Waals surface area contributed by atoms with Crippen LogP contribution >= 0.6 is 0 Å². The van der Waals surface area contributed by atoms with Crippen molar-refractivity contribution in [1.29, 1.82) is 0 Å². The summed E-state index contributed by atoms with van der Waals surface area (Å²) in [6.07, 6.45) is 3.79. The summed E-state index contributed by atoms with van der Waals surface area (Å²) in [4.78, 5) is 23.1. The number of aromatic nitrogens is 2. The van der Waals surface area contributed by atoms with E-state index in [2.05, 4.69) is 74.8 Å². The van der Waals surface area contributed by atoms with Crippen LogP contribution in [0.25, 0.3) is 10.9 Å². The predicted molar refractivity (Wildman–Crippen MR) is 134 cm³/mol. The molecule has 6 heteroatoms. The van der Waals surface area contributed by atoms with Crippen LogP contribution in [-0.4, -0.2) is 35.6 Å². The highest BCUT2D eigenvalue weighted by atomic mass is 16.5. The zero-order chi connectivity index (χ0) is 23.2. The van der Waals surface area contributed by atoms with Crippen LogP contribution in [0.3, 0.4) is 0 Å². The zero-order valence-corrected chi connectivity index (χ0v) is 19.1. The lowest BCUT2D eigenvalue weighted by molar-refractivity contribution is -0.123. The molecule has 172 valence electrons. The van der Waals surface area contributed by atoms with E-state index < -0.39 is 0 Å². The van der Waals surface area contributed by atoms with Crippen LogP contribution in [0.2, 0.25) is 0 Å². The van der Waals surface area contributed by atoms with Crippen LogP contribution in [0.5, 0.6) is 5.88 Å². The molecule has 0 bridgehead atoms. The summed E-state index contributed by atoms with van der Waals surface area (Å²) < 4.78 is 5.64. The van der Waals surface area contributed by atoms with Gasteiger partial charge in [-0.15, -0.1) is 0 Å². The number of rotatable bonds is 7. The second-order valence-corrected chi connectivity index (χ2v) is 8.60. The molecule has 4 aromatic rings. The second-order valence-electron chi connectivity index (χ2n) is 8.60. The van der Waals surface area contributed by atoms with Gasteiger partial charge in [0.15, 0.2) is 6.61 Å². The molecular weight excluding hydrogens is 424 g/mol. The lowest BCUT2D eigenvalue weighted by Gasteiger charge is -2.34. The van der Waals surface area contributed by atoms with Crippen LogP contribution in [0.4, 0.5) is 5.69 Å². The first kappa shape index (κ1) is 21.9. The molecule has 34 heavy (non-hydrogen) atoms. The van der Waals surface area contributed by atoms with E-state index in [4.69, 9.17) is 4.74 Å². The first-order valence-electron chi connectivity index (χ1n) is 11.7. The van der Waals surface area contributed by atoms with Crippen molar-refractivity contribution in [3.8, 4) is 5.88 Å².